The van der Waals surface area contributed by atoms with Crippen LogP contribution < -0.4 is 5.73 Å². The van der Waals surface area contributed by atoms with Crippen molar-refractivity contribution in [2.75, 3.05) is 0 Å². The highest BCUT2D eigenvalue weighted by molar-refractivity contribution is 5.31. The van der Waals surface area contributed by atoms with Crippen LogP contribution in [-0.4, -0.2) is 0 Å². The fourth-order valence-corrected chi connectivity index (χ4v) is 0.611. The summed E-state index contributed by atoms with van der Waals surface area (Å²) in [7, 11) is 0. The van der Waals surface area contributed by atoms with E-state index in [1.54, 1.807) is 6.07 Å². The molecule has 0 aliphatic rings. The number of hydrogen-bond donors (Lipinski definition) is 1. The molecule has 64 valence electrons. The first-order valence-corrected chi connectivity index (χ1v) is 3.44. The Morgan fingerprint density at radius 2 is 2.33 bits per heavy atom. The molecule has 0 fully saturated rings. The van der Waals surface area contributed by atoms with Gasteiger partial charge in [-0.2, -0.15) is 5.26 Å². The standard InChI is InChI=1S/C9H11FN2/c1-3-4-9(12)7(2)8(10)5-6-11/h3-4H,1,5,12H2,2H3/b8-7+,9-4+. The molecule has 0 aliphatic heterocycles. The first-order valence-electron chi connectivity index (χ1n) is 3.44. The third-order valence-electron chi connectivity index (χ3n) is 1.37. The predicted octanol–water partition coefficient (Wildman–Crippen LogP) is 2.17. The average Bonchev–Trinajstić information content (AvgIpc) is 2.04. The lowest BCUT2D eigenvalue weighted by Crippen LogP contribution is -1.99. The number of halogens is 1. The summed E-state index contributed by atoms with van der Waals surface area (Å²) >= 11 is 0. The summed E-state index contributed by atoms with van der Waals surface area (Å²) < 4.78 is 12.9. The lowest BCUT2D eigenvalue weighted by atomic mass is 10.1. The monoisotopic (exact) mass is 166 g/mol. The van der Waals surface area contributed by atoms with Crippen molar-refractivity contribution in [3.05, 3.63) is 35.8 Å². The summed E-state index contributed by atoms with van der Waals surface area (Å²) in [5, 5.41) is 8.19. The van der Waals surface area contributed by atoms with Gasteiger partial charge in [0, 0.05) is 11.3 Å². The zero-order valence-corrected chi connectivity index (χ0v) is 6.97. The molecule has 0 unspecified atom stereocenters. The van der Waals surface area contributed by atoms with E-state index in [2.05, 4.69) is 6.58 Å². The fraction of sp³-hybridized carbons (Fsp3) is 0.222. The van der Waals surface area contributed by atoms with Gasteiger partial charge in [0.05, 0.1) is 12.5 Å². The van der Waals surface area contributed by atoms with Crippen LogP contribution in [0.25, 0.3) is 0 Å². The number of nitrogens with zero attached hydrogens (tertiary/aromatic N) is 1. The van der Waals surface area contributed by atoms with Gasteiger partial charge in [-0.05, 0) is 13.0 Å². The van der Waals surface area contributed by atoms with Crippen molar-refractivity contribution >= 4 is 0 Å². The molecule has 0 aromatic rings. The zero-order chi connectivity index (χ0) is 9.56. The van der Waals surface area contributed by atoms with Crippen molar-refractivity contribution < 1.29 is 4.39 Å². The van der Waals surface area contributed by atoms with Crippen LogP contribution >= 0.6 is 0 Å². The topological polar surface area (TPSA) is 49.8 Å². The van der Waals surface area contributed by atoms with Crippen molar-refractivity contribution in [1.29, 1.82) is 5.26 Å². The highest BCUT2D eigenvalue weighted by atomic mass is 19.1. The number of rotatable bonds is 3. The molecule has 0 amide bonds. The molecule has 0 rings (SSSR count). The van der Waals surface area contributed by atoms with Gasteiger partial charge in [-0.25, -0.2) is 4.39 Å². The SMILES string of the molecule is C=C/C=C(N)\C(C)=C(\F)CC#N. The smallest absolute Gasteiger partial charge is 0.119 e. The largest absolute Gasteiger partial charge is 0.398 e. The van der Waals surface area contributed by atoms with E-state index in [4.69, 9.17) is 11.0 Å². The quantitative estimate of drug-likeness (QED) is 0.653. The van der Waals surface area contributed by atoms with Gasteiger partial charge >= 0.3 is 0 Å². The van der Waals surface area contributed by atoms with Crippen molar-refractivity contribution in [1.82, 2.24) is 0 Å². The zero-order valence-electron chi connectivity index (χ0n) is 6.97. The molecular weight excluding hydrogens is 155 g/mol. The summed E-state index contributed by atoms with van der Waals surface area (Å²) in [5.41, 5.74) is 6.05. The predicted molar refractivity (Wildman–Crippen MR) is 46.5 cm³/mol. The van der Waals surface area contributed by atoms with Gasteiger partial charge in [0.2, 0.25) is 0 Å². The van der Waals surface area contributed by atoms with E-state index in [1.165, 1.54) is 19.1 Å². The van der Waals surface area contributed by atoms with Crippen LogP contribution in [0, 0.1) is 11.3 Å². The van der Waals surface area contributed by atoms with Gasteiger partial charge in [0.25, 0.3) is 0 Å². The molecule has 0 saturated heterocycles. The molecule has 0 aliphatic carbocycles. The molecule has 0 radical (unpaired) electrons. The Kier molecular flexibility index (Phi) is 4.47. The van der Waals surface area contributed by atoms with Crippen LogP contribution in [0.5, 0.6) is 0 Å². The summed E-state index contributed by atoms with van der Waals surface area (Å²) in [5.74, 6) is -0.492. The van der Waals surface area contributed by atoms with Crippen molar-refractivity contribution in [2.45, 2.75) is 13.3 Å². The van der Waals surface area contributed by atoms with Gasteiger partial charge in [0.1, 0.15) is 5.83 Å². The second-order valence-corrected chi connectivity index (χ2v) is 2.22. The summed E-state index contributed by atoms with van der Waals surface area (Å²) in [4.78, 5) is 0. The maximum atomic E-state index is 12.9. The Hall–Kier alpha value is -1.56. The maximum absolute atomic E-state index is 12.9. The minimum absolute atomic E-state index is 0.239. The van der Waals surface area contributed by atoms with Crippen LogP contribution in [0.3, 0.4) is 0 Å². The first-order chi connectivity index (χ1) is 5.63. The number of allylic oxidation sites excluding steroid dienone is 4. The van der Waals surface area contributed by atoms with Gasteiger partial charge in [-0.15, -0.1) is 0 Å². The summed E-state index contributed by atoms with van der Waals surface area (Å²) in [6.45, 7) is 4.95. The fourth-order valence-electron chi connectivity index (χ4n) is 0.611. The highest BCUT2D eigenvalue weighted by Crippen LogP contribution is 2.14. The molecule has 0 heterocycles. The van der Waals surface area contributed by atoms with Crippen molar-refractivity contribution in [2.24, 2.45) is 5.73 Å². The lowest BCUT2D eigenvalue weighted by molar-refractivity contribution is 0.609. The van der Waals surface area contributed by atoms with Gasteiger partial charge in [0.15, 0.2) is 0 Å². The van der Waals surface area contributed by atoms with E-state index in [9.17, 15) is 4.39 Å². The van der Waals surface area contributed by atoms with Gasteiger partial charge < -0.3 is 5.73 Å². The molecule has 0 atom stereocenters. The third-order valence-corrected chi connectivity index (χ3v) is 1.37. The van der Waals surface area contributed by atoms with Crippen molar-refractivity contribution in [3.8, 4) is 6.07 Å². The molecule has 3 heteroatoms. The number of nitriles is 1. The van der Waals surface area contributed by atoms with Crippen LogP contribution in [0.15, 0.2) is 35.8 Å². The second kappa shape index (κ2) is 5.14. The Bertz CT molecular complexity index is 269. The molecular formula is C9H11FN2. The van der Waals surface area contributed by atoms with Crippen LogP contribution in [0.1, 0.15) is 13.3 Å². The molecule has 2 nitrogen and oxygen atoms in total. The van der Waals surface area contributed by atoms with Crippen LogP contribution in [-0.2, 0) is 0 Å². The van der Waals surface area contributed by atoms with Crippen LogP contribution in [0.4, 0.5) is 4.39 Å². The Morgan fingerprint density at radius 1 is 1.75 bits per heavy atom. The second-order valence-electron chi connectivity index (χ2n) is 2.22. The van der Waals surface area contributed by atoms with E-state index in [0.717, 1.165) is 0 Å². The summed E-state index contributed by atoms with van der Waals surface area (Å²) in [6, 6.07) is 1.70. The Balaban J connectivity index is 4.67. The highest BCUT2D eigenvalue weighted by Gasteiger charge is 2.02. The number of hydrogen-bond acceptors (Lipinski definition) is 2. The van der Waals surface area contributed by atoms with E-state index in [0.29, 0.717) is 11.3 Å². The Morgan fingerprint density at radius 3 is 2.75 bits per heavy atom. The average molecular weight is 166 g/mol. The molecule has 2 N–H and O–H groups in total. The third kappa shape index (κ3) is 3.02. The molecule has 0 aromatic heterocycles. The molecule has 0 spiro atoms. The molecule has 0 saturated carbocycles. The van der Waals surface area contributed by atoms with Gasteiger partial charge in [-0.3, -0.25) is 0 Å². The van der Waals surface area contributed by atoms with E-state index in [-0.39, 0.29) is 6.42 Å². The normalized spacial score (nSPS) is 13.2. The van der Waals surface area contributed by atoms with Crippen LogP contribution in [0.2, 0.25) is 0 Å². The van der Waals surface area contributed by atoms with E-state index in [1.807, 2.05) is 0 Å². The maximum Gasteiger partial charge on any atom is 0.119 e. The van der Waals surface area contributed by atoms with Crippen molar-refractivity contribution in [3.63, 3.8) is 0 Å². The molecule has 0 aromatic carbocycles. The lowest BCUT2D eigenvalue weighted by Gasteiger charge is -2.00. The summed E-state index contributed by atoms with van der Waals surface area (Å²) in [6.07, 6.45) is 2.72. The first kappa shape index (κ1) is 10.4. The molecule has 12 heavy (non-hydrogen) atoms. The molecule has 0 bridgehead atoms. The number of nitrogens with two attached hydrogens (primary N) is 1. The minimum Gasteiger partial charge on any atom is -0.398 e. The van der Waals surface area contributed by atoms with E-state index >= 15 is 0 Å². The van der Waals surface area contributed by atoms with Gasteiger partial charge in [-0.1, -0.05) is 12.7 Å². The van der Waals surface area contributed by atoms with E-state index < -0.39 is 5.83 Å². The Labute approximate surface area is 71.5 Å². The minimum atomic E-state index is -0.492.